The van der Waals surface area contributed by atoms with E-state index in [0.717, 1.165) is 12.3 Å². The molecule has 33 heavy (non-hydrogen) atoms. The van der Waals surface area contributed by atoms with E-state index in [1.54, 1.807) is 15.8 Å². The lowest BCUT2D eigenvalue weighted by Crippen LogP contribution is -2.40. The summed E-state index contributed by atoms with van der Waals surface area (Å²) in [5, 5.41) is 14.2. The first-order chi connectivity index (χ1) is 15.5. The number of likely N-dealkylation sites (tertiary alicyclic amines) is 1. The number of nitrogens with zero attached hydrogens (tertiary/aromatic N) is 4. The van der Waals surface area contributed by atoms with Crippen LogP contribution in [0.5, 0.6) is 0 Å². The van der Waals surface area contributed by atoms with Crippen LogP contribution in [0.2, 0.25) is 0 Å². The highest BCUT2D eigenvalue weighted by atomic mass is 32.2. The molecule has 0 radical (unpaired) electrons. The first kappa shape index (κ1) is 24.7. The highest BCUT2D eigenvalue weighted by Gasteiger charge is 2.28. The molecule has 1 aliphatic heterocycles. The molecule has 1 aromatic heterocycles. The van der Waals surface area contributed by atoms with Crippen molar-refractivity contribution in [3.05, 3.63) is 47.0 Å². The Labute approximate surface area is 193 Å². The zero-order valence-electron chi connectivity index (χ0n) is 19.3. The second kappa shape index (κ2) is 9.91. The molecule has 2 heterocycles. The maximum atomic E-state index is 14.6. The molecule has 3 rings (SSSR count). The average Bonchev–Trinajstić information content (AvgIpc) is 3.14. The number of halogens is 1. The van der Waals surface area contributed by atoms with Crippen LogP contribution < -0.4 is 0 Å². The van der Waals surface area contributed by atoms with Gasteiger partial charge in [-0.2, -0.15) is 10.4 Å². The Morgan fingerprint density at radius 1 is 1.30 bits per heavy atom. The van der Waals surface area contributed by atoms with E-state index in [-0.39, 0.29) is 29.1 Å². The zero-order valence-corrected chi connectivity index (χ0v) is 20.1. The Balaban J connectivity index is 1.72. The van der Waals surface area contributed by atoms with E-state index in [9.17, 15) is 22.9 Å². The van der Waals surface area contributed by atoms with Gasteiger partial charge in [-0.1, -0.05) is 13.0 Å². The number of amides is 1. The molecule has 10 heteroatoms. The Morgan fingerprint density at radius 2 is 1.97 bits per heavy atom. The van der Waals surface area contributed by atoms with E-state index in [0.29, 0.717) is 49.2 Å². The number of ether oxygens (including phenoxy) is 1. The minimum Gasteiger partial charge on any atom is -0.447 e. The van der Waals surface area contributed by atoms with Crippen molar-refractivity contribution in [3.8, 4) is 6.07 Å². The lowest BCUT2D eigenvalue weighted by atomic mass is 9.93. The van der Waals surface area contributed by atoms with Gasteiger partial charge >= 0.3 is 6.09 Å². The quantitative estimate of drug-likeness (QED) is 0.628. The van der Waals surface area contributed by atoms with Gasteiger partial charge in [0.1, 0.15) is 17.6 Å². The van der Waals surface area contributed by atoms with Crippen LogP contribution in [0.4, 0.5) is 9.18 Å². The topological polar surface area (TPSA) is 105 Å². The van der Waals surface area contributed by atoms with E-state index in [4.69, 9.17) is 4.74 Å². The molecular formula is C23H29FN4O4S. The summed E-state index contributed by atoms with van der Waals surface area (Å²) in [6.07, 6.45) is 3.86. The van der Waals surface area contributed by atoms with Crippen molar-refractivity contribution in [2.45, 2.75) is 63.0 Å². The van der Waals surface area contributed by atoms with Crippen LogP contribution in [-0.4, -0.2) is 54.6 Å². The third-order valence-corrected chi connectivity index (χ3v) is 6.95. The fourth-order valence-corrected chi connectivity index (χ4v) is 4.73. The Kier molecular flexibility index (Phi) is 7.42. The lowest BCUT2D eigenvalue weighted by Gasteiger charge is -2.32. The van der Waals surface area contributed by atoms with Gasteiger partial charge in [0.25, 0.3) is 0 Å². The van der Waals surface area contributed by atoms with Crippen molar-refractivity contribution < 1.29 is 22.3 Å². The fourth-order valence-electron chi connectivity index (χ4n) is 4.09. The summed E-state index contributed by atoms with van der Waals surface area (Å²) >= 11 is 0. The van der Waals surface area contributed by atoms with Crippen LogP contribution in [0.3, 0.4) is 0 Å². The predicted octanol–water partition coefficient (Wildman–Crippen LogP) is 3.83. The number of benzene rings is 1. The minimum absolute atomic E-state index is 0.0161. The highest BCUT2D eigenvalue weighted by Crippen LogP contribution is 2.29. The number of hydrogen-bond acceptors (Lipinski definition) is 6. The molecule has 1 unspecified atom stereocenters. The fraction of sp³-hybridized carbons (Fsp3) is 0.522. The molecule has 1 saturated heterocycles. The van der Waals surface area contributed by atoms with Crippen LogP contribution in [0.15, 0.2) is 29.3 Å². The maximum absolute atomic E-state index is 14.6. The van der Waals surface area contributed by atoms with E-state index in [2.05, 4.69) is 11.2 Å². The molecule has 0 N–H and O–H groups in total. The van der Waals surface area contributed by atoms with Gasteiger partial charge in [0.2, 0.25) is 0 Å². The first-order valence-electron chi connectivity index (χ1n) is 10.9. The van der Waals surface area contributed by atoms with Crippen LogP contribution in [0.1, 0.15) is 62.4 Å². The van der Waals surface area contributed by atoms with Gasteiger partial charge in [0.05, 0.1) is 23.2 Å². The predicted molar refractivity (Wildman–Crippen MR) is 120 cm³/mol. The van der Waals surface area contributed by atoms with E-state index < -0.39 is 15.7 Å². The van der Waals surface area contributed by atoms with Crippen LogP contribution in [0, 0.1) is 17.1 Å². The number of rotatable bonds is 6. The van der Waals surface area contributed by atoms with Crippen LogP contribution in [-0.2, 0) is 21.0 Å². The Morgan fingerprint density at radius 3 is 2.52 bits per heavy atom. The summed E-state index contributed by atoms with van der Waals surface area (Å²) in [6.45, 7) is 6.48. The molecule has 0 aliphatic carbocycles. The number of sulfone groups is 1. The molecule has 8 nitrogen and oxygen atoms in total. The van der Waals surface area contributed by atoms with E-state index >= 15 is 0 Å². The molecule has 1 amide bonds. The molecule has 2 aromatic rings. The van der Waals surface area contributed by atoms with Crippen molar-refractivity contribution in [3.63, 3.8) is 0 Å². The van der Waals surface area contributed by atoms with Crippen LogP contribution in [0.25, 0.3) is 0 Å². The van der Waals surface area contributed by atoms with Crippen molar-refractivity contribution in [1.82, 2.24) is 14.7 Å². The number of aromatic nitrogens is 2. The number of carbonyl (C=O) groups is 1. The number of nitriles is 1. The normalized spacial score (nSPS) is 16.0. The van der Waals surface area contributed by atoms with Crippen molar-refractivity contribution in [1.29, 1.82) is 5.26 Å². The van der Waals surface area contributed by atoms with E-state index in [1.165, 1.54) is 12.1 Å². The van der Waals surface area contributed by atoms with Gasteiger partial charge < -0.3 is 9.64 Å². The molecular weight excluding hydrogens is 447 g/mol. The van der Waals surface area contributed by atoms with Gasteiger partial charge in [-0.3, -0.25) is 4.68 Å². The summed E-state index contributed by atoms with van der Waals surface area (Å²) in [5.74, 6) is -0.868. The number of piperidine rings is 1. The maximum Gasteiger partial charge on any atom is 0.410 e. The third kappa shape index (κ3) is 5.71. The molecule has 0 bridgehead atoms. The number of carbonyl (C=O) groups excluding carboxylic acids is 1. The molecule has 1 aliphatic rings. The summed E-state index contributed by atoms with van der Waals surface area (Å²) < 4.78 is 44.9. The highest BCUT2D eigenvalue weighted by molar-refractivity contribution is 7.90. The van der Waals surface area contributed by atoms with Crippen molar-refractivity contribution in [2.24, 2.45) is 0 Å². The smallest absolute Gasteiger partial charge is 0.410 e. The lowest BCUT2D eigenvalue weighted by molar-refractivity contribution is 0.0652. The monoisotopic (exact) mass is 476 g/mol. The largest absolute Gasteiger partial charge is 0.447 e. The molecule has 178 valence electrons. The Bertz CT molecular complexity index is 1160. The van der Waals surface area contributed by atoms with Gasteiger partial charge in [0, 0.05) is 24.9 Å². The Hall–Kier alpha value is -2.93. The average molecular weight is 477 g/mol. The molecule has 1 aromatic carbocycles. The summed E-state index contributed by atoms with van der Waals surface area (Å²) in [7, 11) is -3.49. The summed E-state index contributed by atoms with van der Waals surface area (Å²) in [5.41, 5.74) is 1.52. The van der Waals surface area contributed by atoms with Crippen molar-refractivity contribution >= 4 is 15.9 Å². The number of hydrogen-bond donors (Lipinski definition) is 0. The molecule has 1 atom stereocenters. The first-order valence-corrected chi connectivity index (χ1v) is 12.8. The summed E-state index contributed by atoms with van der Waals surface area (Å²) in [4.78, 5) is 13.7. The van der Waals surface area contributed by atoms with Gasteiger partial charge in [0.15, 0.2) is 9.84 Å². The van der Waals surface area contributed by atoms with Crippen LogP contribution >= 0.6 is 0 Å². The van der Waals surface area contributed by atoms with Crippen molar-refractivity contribution in [2.75, 3.05) is 19.3 Å². The SMILES string of the molecule is CC(C)OC(=O)N1CCC(n2ncc(CC(C)c3ccc(S(C)(=O)=O)cc3F)c2C#N)CC1. The molecule has 1 fully saturated rings. The second-order valence-electron chi connectivity index (χ2n) is 8.79. The van der Waals surface area contributed by atoms with E-state index in [1.807, 2.05) is 20.8 Å². The van der Waals surface area contributed by atoms with Gasteiger partial charge in [-0.25, -0.2) is 17.6 Å². The summed E-state index contributed by atoms with van der Waals surface area (Å²) in [6, 6.07) is 6.13. The second-order valence-corrected chi connectivity index (χ2v) is 10.8. The van der Waals surface area contributed by atoms with Gasteiger partial charge in [-0.05, 0) is 56.7 Å². The molecule has 0 spiro atoms. The minimum atomic E-state index is -3.49. The zero-order chi connectivity index (χ0) is 24.3. The molecule has 0 saturated carbocycles. The third-order valence-electron chi connectivity index (χ3n) is 5.84. The standard InChI is InChI=1S/C23H29FN4O4S/c1-15(2)32-23(29)27-9-7-18(8-10-27)28-22(13-25)17(14-26-28)11-16(3)20-6-5-19(12-21(20)24)33(4,30)31/h5-6,12,14-16,18H,7-11H2,1-4H3. The van der Waals surface area contributed by atoms with Gasteiger partial charge in [-0.15, -0.1) is 0 Å².